The third-order valence-electron chi connectivity index (χ3n) is 6.00. The second kappa shape index (κ2) is 11.0. The molecule has 25 heavy (non-hydrogen) atoms. The van der Waals surface area contributed by atoms with Crippen LogP contribution in [0.15, 0.2) is 30.3 Å². The first-order valence-corrected chi connectivity index (χ1v) is 10.2. The molecule has 1 aliphatic rings. The standard InChI is InChI=1S/C23H38O2/c1-4-11-21-16-23(18-24-2,19-25-3)17-22(21)15-10-6-9-14-20-12-7-5-8-13-20/h5,7-8,12-13,21-22H,4,6,9-11,14-19H2,1-3H3/t21-,22+/m0/s1. The summed E-state index contributed by atoms with van der Waals surface area (Å²) in [4.78, 5) is 0. The minimum Gasteiger partial charge on any atom is -0.384 e. The van der Waals surface area contributed by atoms with E-state index >= 15 is 0 Å². The number of ether oxygens (including phenoxy) is 2. The molecule has 0 aliphatic heterocycles. The number of rotatable bonds is 12. The molecule has 1 saturated carbocycles. The zero-order chi connectivity index (χ0) is 18.0. The molecule has 0 radical (unpaired) electrons. The second-order valence-corrected chi connectivity index (χ2v) is 8.17. The SMILES string of the molecule is CCC[C@H]1CC(COC)(COC)C[C@H]1CCCCCc1ccccc1. The van der Waals surface area contributed by atoms with Gasteiger partial charge in [-0.3, -0.25) is 0 Å². The summed E-state index contributed by atoms with van der Waals surface area (Å²) in [5, 5.41) is 0. The molecule has 1 aromatic rings. The molecule has 0 N–H and O–H groups in total. The van der Waals surface area contributed by atoms with Crippen molar-refractivity contribution in [2.45, 2.75) is 64.7 Å². The van der Waals surface area contributed by atoms with Crippen molar-refractivity contribution in [2.24, 2.45) is 17.3 Å². The van der Waals surface area contributed by atoms with Gasteiger partial charge in [0.05, 0.1) is 13.2 Å². The van der Waals surface area contributed by atoms with Crippen molar-refractivity contribution in [1.82, 2.24) is 0 Å². The third kappa shape index (κ3) is 6.42. The molecular weight excluding hydrogens is 308 g/mol. The van der Waals surface area contributed by atoms with Gasteiger partial charge in [-0.15, -0.1) is 0 Å². The maximum Gasteiger partial charge on any atom is 0.0540 e. The van der Waals surface area contributed by atoms with Crippen LogP contribution in [0.25, 0.3) is 0 Å². The van der Waals surface area contributed by atoms with Crippen molar-refractivity contribution >= 4 is 0 Å². The van der Waals surface area contributed by atoms with Gasteiger partial charge in [0.15, 0.2) is 0 Å². The molecular formula is C23H38O2. The maximum absolute atomic E-state index is 5.57. The summed E-state index contributed by atoms with van der Waals surface area (Å²) in [6.07, 6.45) is 11.9. The molecule has 1 fully saturated rings. The third-order valence-corrected chi connectivity index (χ3v) is 6.00. The van der Waals surface area contributed by atoms with Crippen molar-refractivity contribution in [1.29, 1.82) is 0 Å². The molecule has 0 unspecified atom stereocenters. The summed E-state index contributed by atoms with van der Waals surface area (Å²) in [5.74, 6) is 1.73. The Morgan fingerprint density at radius 2 is 1.52 bits per heavy atom. The van der Waals surface area contributed by atoms with E-state index in [-0.39, 0.29) is 5.41 Å². The molecule has 1 aliphatic carbocycles. The van der Waals surface area contributed by atoms with E-state index in [0.29, 0.717) is 0 Å². The van der Waals surface area contributed by atoms with Gasteiger partial charge in [0, 0.05) is 19.6 Å². The van der Waals surface area contributed by atoms with E-state index in [1.807, 2.05) is 14.2 Å². The summed E-state index contributed by atoms with van der Waals surface area (Å²) < 4.78 is 11.1. The first kappa shape index (κ1) is 20.5. The van der Waals surface area contributed by atoms with Gasteiger partial charge < -0.3 is 9.47 Å². The van der Waals surface area contributed by atoms with Gasteiger partial charge in [0.1, 0.15) is 0 Å². The summed E-state index contributed by atoms with van der Waals surface area (Å²) >= 11 is 0. The fourth-order valence-corrected chi connectivity index (χ4v) is 5.02. The Hall–Kier alpha value is -0.860. The van der Waals surface area contributed by atoms with E-state index in [0.717, 1.165) is 25.0 Å². The Labute approximate surface area is 155 Å². The number of aryl methyl sites for hydroxylation is 1. The lowest BCUT2D eigenvalue weighted by atomic mass is 9.86. The monoisotopic (exact) mass is 346 g/mol. The van der Waals surface area contributed by atoms with Crippen LogP contribution in [0.5, 0.6) is 0 Å². The molecule has 0 bridgehead atoms. The van der Waals surface area contributed by atoms with Crippen LogP contribution in [0, 0.1) is 17.3 Å². The van der Waals surface area contributed by atoms with E-state index < -0.39 is 0 Å². The molecule has 2 atom stereocenters. The smallest absolute Gasteiger partial charge is 0.0540 e. The predicted molar refractivity (Wildman–Crippen MR) is 106 cm³/mol. The van der Waals surface area contributed by atoms with Crippen LogP contribution in [0.4, 0.5) is 0 Å². The molecule has 2 nitrogen and oxygen atoms in total. The molecule has 0 amide bonds. The van der Waals surface area contributed by atoms with Gasteiger partial charge in [-0.1, -0.05) is 69.4 Å². The first-order valence-electron chi connectivity index (χ1n) is 10.2. The van der Waals surface area contributed by atoms with Crippen LogP contribution in [-0.2, 0) is 15.9 Å². The minimum absolute atomic E-state index is 0.262. The molecule has 1 aromatic carbocycles. The highest BCUT2D eigenvalue weighted by Gasteiger charge is 2.44. The number of benzene rings is 1. The molecule has 0 spiro atoms. The highest BCUT2D eigenvalue weighted by molar-refractivity contribution is 5.14. The quantitative estimate of drug-likeness (QED) is 0.439. The van der Waals surface area contributed by atoms with Crippen molar-refractivity contribution < 1.29 is 9.47 Å². The van der Waals surface area contributed by atoms with Crippen molar-refractivity contribution in [3.63, 3.8) is 0 Å². The van der Waals surface area contributed by atoms with Crippen LogP contribution in [0.2, 0.25) is 0 Å². The van der Waals surface area contributed by atoms with Crippen molar-refractivity contribution in [3.8, 4) is 0 Å². The molecule has 0 saturated heterocycles. The van der Waals surface area contributed by atoms with Gasteiger partial charge in [0.25, 0.3) is 0 Å². The highest BCUT2D eigenvalue weighted by Crippen LogP contribution is 2.49. The largest absolute Gasteiger partial charge is 0.384 e. The zero-order valence-electron chi connectivity index (χ0n) is 16.6. The lowest BCUT2D eigenvalue weighted by molar-refractivity contribution is 0.0101. The lowest BCUT2D eigenvalue weighted by Crippen LogP contribution is -2.29. The summed E-state index contributed by atoms with van der Waals surface area (Å²) in [7, 11) is 3.67. The summed E-state index contributed by atoms with van der Waals surface area (Å²) in [6, 6.07) is 10.9. The fraction of sp³-hybridized carbons (Fsp3) is 0.739. The van der Waals surface area contributed by atoms with Crippen LogP contribution >= 0.6 is 0 Å². The molecule has 2 heteroatoms. The van der Waals surface area contributed by atoms with E-state index in [9.17, 15) is 0 Å². The summed E-state index contributed by atoms with van der Waals surface area (Å²) in [6.45, 7) is 4.03. The van der Waals surface area contributed by atoms with Gasteiger partial charge in [-0.2, -0.15) is 0 Å². The van der Waals surface area contributed by atoms with Crippen molar-refractivity contribution in [2.75, 3.05) is 27.4 Å². The number of hydrogen-bond acceptors (Lipinski definition) is 2. The predicted octanol–water partition coefficient (Wildman–Crippen LogP) is 5.90. The Balaban J connectivity index is 1.77. The van der Waals surface area contributed by atoms with Gasteiger partial charge in [0.2, 0.25) is 0 Å². The van der Waals surface area contributed by atoms with E-state index in [2.05, 4.69) is 37.3 Å². The molecule has 0 aromatic heterocycles. The lowest BCUT2D eigenvalue weighted by Gasteiger charge is -2.27. The van der Waals surface area contributed by atoms with Crippen LogP contribution < -0.4 is 0 Å². The summed E-state index contributed by atoms with van der Waals surface area (Å²) in [5.41, 5.74) is 1.74. The average Bonchev–Trinajstić information content (AvgIpc) is 2.94. The van der Waals surface area contributed by atoms with Crippen LogP contribution in [0.1, 0.15) is 63.9 Å². The minimum atomic E-state index is 0.262. The zero-order valence-corrected chi connectivity index (χ0v) is 16.6. The Bertz CT molecular complexity index is 450. The van der Waals surface area contributed by atoms with Crippen LogP contribution in [0.3, 0.4) is 0 Å². The fourth-order valence-electron chi connectivity index (χ4n) is 5.02. The van der Waals surface area contributed by atoms with Gasteiger partial charge >= 0.3 is 0 Å². The molecule has 0 heterocycles. The maximum atomic E-state index is 5.57. The van der Waals surface area contributed by atoms with E-state index in [4.69, 9.17) is 9.47 Å². The Morgan fingerprint density at radius 3 is 2.12 bits per heavy atom. The number of methoxy groups -OCH3 is 2. The highest BCUT2D eigenvalue weighted by atomic mass is 16.5. The van der Waals surface area contributed by atoms with E-state index in [1.54, 1.807) is 0 Å². The Kier molecular flexibility index (Phi) is 8.98. The van der Waals surface area contributed by atoms with Crippen molar-refractivity contribution in [3.05, 3.63) is 35.9 Å². The molecule has 2 rings (SSSR count). The number of unbranched alkanes of at least 4 members (excludes halogenated alkanes) is 2. The van der Waals surface area contributed by atoms with Gasteiger partial charge in [-0.25, -0.2) is 0 Å². The molecule has 142 valence electrons. The normalized spacial score (nSPS) is 22.4. The van der Waals surface area contributed by atoms with E-state index in [1.165, 1.54) is 63.4 Å². The average molecular weight is 347 g/mol. The van der Waals surface area contributed by atoms with Crippen LogP contribution in [-0.4, -0.2) is 27.4 Å². The second-order valence-electron chi connectivity index (χ2n) is 8.17. The number of hydrogen-bond donors (Lipinski definition) is 0. The Morgan fingerprint density at radius 1 is 0.880 bits per heavy atom. The topological polar surface area (TPSA) is 18.5 Å². The van der Waals surface area contributed by atoms with Gasteiger partial charge in [-0.05, 0) is 43.1 Å². The first-order chi connectivity index (χ1) is 12.2.